The zero-order valence-corrected chi connectivity index (χ0v) is 21.3. The number of carboxylic acids is 1. The number of amidine groups is 1. The molecule has 0 aromatic heterocycles. The Kier molecular flexibility index (Phi) is 7.72. The topological polar surface area (TPSA) is 79.2 Å². The van der Waals surface area contributed by atoms with Crippen LogP contribution in [0.1, 0.15) is 21.5 Å². The van der Waals surface area contributed by atoms with E-state index in [1.807, 2.05) is 12.1 Å². The Morgan fingerprint density at radius 1 is 1.06 bits per heavy atom. The van der Waals surface area contributed by atoms with Crippen LogP contribution in [0.5, 0.6) is 5.75 Å². The van der Waals surface area contributed by atoms with Gasteiger partial charge in [-0.15, -0.1) is 0 Å². The van der Waals surface area contributed by atoms with Crippen LogP contribution in [0.4, 0.5) is 5.69 Å². The molecule has 1 aliphatic heterocycles. The molecule has 0 radical (unpaired) electrons. The molecule has 1 saturated heterocycles. The first kappa shape index (κ1) is 25.1. The molecule has 4 rings (SSSR count). The number of ether oxygens (including phenoxy) is 1. The van der Waals surface area contributed by atoms with Crippen LogP contribution in [0.15, 0.2) is 70.6 Å². The lowest BCUT2D eigenvalue weighted by molar-refractivity contribution is -0.121. The number of nitrogens with zero attached hydrogens (tertiary/aromatic N) is 2. The molecule has 1 amide bonds. The number of hydrogen-bond donors (Lipinski definition) is 1. The first-order valence-corrected chi connectivity index (χ1v) is 12.1. The summed E-state index contributed by atoms with van der Waals surface area (Å²) in [6.45, 7) is 0.267. The number of rotatable bonds is 6. The molecule has 3 aromatic carbocycles. The molecule has 1 heterocycles. The lowest BCUT2D eigenvalue weighted by atomic mass is 10.2. The maximum atomic E-state index is 12.8. The van der Waals surface area contributed by atoms with Crippen molar-refractivity contribution in [2.24, 2.45) is 4.99 Å². The Morgan fingerprint density at radius 2 is 1.69 bits per heavy atom. The Morgan fingerprint density at radius 3 is 2.29 bits per heavy atom. The quantitative estimate of drug-likeness (QED) is 0.331. The molecule has 6 nitrogen and oxygen atoms in total. The summed E-state index contributed by atoms with van der Waals surface area (Å²) >= 11 is 19.9. The summed E-state index contributed by atoms with van der Waals surface area (Å²) in [6.07, 6.45) is 1.68. The Hall–Kier alpha value is -2.97. The average Bonchev–Trinajstić information content (AvgIpc) is 3.07. The fraction of sp³-hybridized carbons (Fsp3) is 0.0800. The molecule has 0 saturated carbocycles. The van der Waals surface area contributed by atoms with Crippen LogP contribution in [-0.4, -0.2) is 34.1 Å². The van der Waals surface area contributed by atoms with E-state index in [-0.39, 0.29) is 18.1 Å². The van der Waals surface area contributed by atoms with Gasteiger partial charge < -0.3 is 9.84 Å². The molecule has 0 bridgehead atoms. The van der Waals surface area contributed by atoms with Crippen molar-refractivity contribution in [2.75, 3.05) is 7.05 Å². The van der Waals surface area contributed by atoms with Crippen molar-refractivity contribution in [3.63, 3.8) is 0 Å². The third-order valence-corrected chi connectivity index (χ3v) is 6.83. The van der Waals surface area contributed by atoms with E-state index in [1.54, 1.807) is 49.5 Å². The number of carbonyl (C=O) groups excluding carboxylic acids is 1. The summed E-state index contributed by atoms with van der Waals surface area (Å²) < 4.78 is 5.80. The van der Waals surface area contributed by atoms with Crippen LogP contribution >= 0.6 is 46.6 Å². The van der Waals surface area contributed by atoms with Crippen molar-refractivity contribution >= 4 is 75.4 Å². The summed E-state index contributed by atoms with van der Waals surface area (Å²) in [6, 6.07) is 16.7. The molecule has 1 aliphatic rings. The largest absolute Gasteiger partial charge is 0.486 e. The second-order valence-electron chi connectivity index (χ2n) is 7.45. The number of carboxylic acid groups (broad SMARTS) is 1. The van der Waals surface area contributed by atoms with Gasteiger partial charge in [-0.05, 0) is 77.5 Å². The predicted molar refractivity (Wildman–Crippen MR) is 141 cm³/mol. The fourth-order valence-electron chi connectivity index (χ4n) is 3.13. The van der Waals surface area contributed by atoms with Gasteiger partial charge in [0, 0.05) is 12.1 Å². The molecule has 178 valence electrons. The second kappa shape index (κ2) is 10.7. The smallest absolute Gasteiger partial charge is 0.335 e. The minimum atomic E-state index is -1.02. The minimum Gasteiger partial charge on any atom is -0.486 e. The Labute approximate surface area is 220 Å². The van der Waals surface area contributed by atoms with Gasteiger partial charge in [-0.25, -0.2) is 9.79 Å². The van der Waals surface area contributed by atoms with Crippen molar-refractivity contribution in [1.82, 2.24) is 4.90 Å². The third kappa shape index (κ3) is 6.00. The lowest BCUT2D eigenvalue weighted by Crippen LogP contribution is -2.23. The number of aromatic carboxylic acids is 1. The SMILES string of the molecule is CN1C(=O)/C(=C/c2cc(Cl)c(OCc3ccc(Cl)cc3)c(Cl)c2)SC1=Nc1ccc(C(=O)O)cc1. The standard InChI is InChI=1S/C25H17Cl3N2O4S/c1-30-23(31)21(35-25(30)29-18-8-4-16(5-9-18)24(32)33)12-15-10-19(27)22(20(28)11-15)34-13-14-2-6-17(26)7-3-14/h2-12H,13H2,1H3,(H,32,33)/b21-12-,29-25?. The molecule has 1 N–H and O–H groups in total. The number of aliphatic imine (C=N–C) groups is 1. The van der Waals surface area contributed by atoms with Gasteiger partial charge in [-0.1, -0.05) is 46.9 Å². The maximum absolute atomic E-state index is 12.8. The molecule has 0 unspecified atom stereocenters. The van der Waals surface area contributed by atoms with Gasteiger partial charge >= 0.3 is 5.97 Å². The van der Waals surface area contributed by atoms with E-state index in [2.05, 4.69) is 4.99 Å². The van der Waals surface area contributed by atoms with Crippen LogP contribution in [0, 0.1) is 0 Å². The predicted octanol–water partition coefficient (Wildman–Crippen LogP) is 7.16. The van der Waals surface area contributed by atoms with Gasteiger partial charge in [0.2, 0.25) is 0 Å². The van der Waals surface area contributed by atoms with E-state index in [0.29, 0.717) is 42.1 Å². The summed E-state index contributed by atoms with van der Waals surface area (Å²) in [5, 5.41) is 10.8. The number of thioether (sulfide) groups is 1. The summed E-state index contributed by atoms with van der Waals surface area (Å²) in [5.74, 6) is -0.901. The van der Waals surface area contributed by atoms with Crippen molar-refractivity contribution in [2.45, 2.75) is 6.61 Å². The van der Waals surface area contributed by atoms with Gasteiger partial charge in [0.25, 0.3) is 5.91 Å². The van der Waals surface area contributed by atoms with Crippen molar-refractivity contribution in [3.8, 4) is 5.75 Å². The molecule has 0 spiro atoms. The molecule has 1 fully saturated rings. The number of likely N-dealkylation sites (N-methyl/N-ethyl adjacent to an activating group) is 1. The molecule has 3 aromatic rings. The summed E-state index contributed by atoms with van der Waals surface area (Å²) in [5.41, 5.74) is 2.24. The third-order valence-electron chi connectivity index (χ3n) is 4.96. The highest BCUT2D eigenvalue weighted by Crippen LogP contribution is 2.38. The van der Waals surface area contributed by atoms with E-state index < -0.39 is 5.97 Å². The van der Waals surface area contributed by atoms with Crippen molar-refractivity contribution < 1.29 is 19.4 Å². The zero-order chi connectivity index (χ0) is 25.1. The highest BCUT2D eigenvalue weighted by atomic mass is 35.5. The highest BCUT2D eigenvalue weighted by molar-refractivity contribution is 8.18. The molecule has 35 heavy (non-hydrogen) atoms. The van der Waals surface area contributed by atoms with Crippen LogP contribution in [0.3, 0.4) is 0 Å². The Bertz CT molecular complexity index is 1330. The molecular formula is C25H17Cl3N2O4S. The van der Waals surface area contributed by atoms with E-state index in [9.17, 15) is 9.59 Å². The van der Waals surface area contributed by atoms with Crippen LogP contribution in [0.2, 0.25) is 15.1 Å². The van der Waals surface area contributed by atoms with Gasteiger partial charge in [0.05, 0.1) is 26.2 Å². The second-order valence-corrected chi connectivity index (χ2v) is 9.71. The normalized spacial score (nSPS) is 15.8. The number of halogens is 3. The Balaban J connectivity index is 1.52. The average molecular weight is 548 g/mol. The number of benzene rings is 3. The summed E-state index contributed by atoms with van der Waals surface area (Å²) in [4.78, 5) is 30.1. The monoisotopic (exact) mass is 546 g/mol. The van der Waals surface area contributed by atoms with E-state index in [0.717, 1.165) is 5.56 Å². The molecule has 0 atom stereocenters. The van der Waals surface area contributed by atoms with E-state index >= 15 is 0 Å². The van der Waals surface area contributed by atoms with Gasteiger partial charge in [0.1, 0.15) is 6.61 Å². The van der Waals surface area contributed by atoms with Gasteiger partial charge in [-0.2, -0.15) is 0 Å². The fourth-order valence-corrected chi connectivity index (χ4v) is 4.85. The number of hydrogen-bond acceptors (Lipinski definition) is 5. The summed E-state index contributed by atoms with van der Waals surface area (Å²) in [7, 11) is 1.62. The highest BCUT2D eigenvalue weighted by Gasteiger charge is 2.30. The molecule has 0 aliphatic carbocycles. The lowest BCUT2D eigenvalue weighted by Gasteiger charge is -2.11. The van der Waals surface area contributed by atoms with E-state index in [1.165, 1.54) is 28.8 Å². The van der Waals surface area contributed by atoms with Crippen LogP contribution in [0.25, 0.3) is 6.08 Å². The molecule has 10 heteroatoms. The first-order valence-electron chi connectivity index (χ1n) is 10.2. The van der Waals surface area contributed by atoms with Crippen LogP contribution < -0.4 is 4.74 Å². The number of amides is 1. The zero-order valence-electron chi connectivity index (χ0n) is 18.2. The van der Waals surface area contributed by atoms with Gasteiger partial charge in [0.15, 0.2) is 10.9 Å². The maximum Gasteiger partial charge on any atom is 0.335 e. The first-order chi connectivity index (χ1) is 16.7. The number of carbonyl (C=O) groups is 2. The van der Waals surface area contributed by atoms with Gasteiger partial charge in [-0.3, -0.25) is 9.69 Å². The van der Waals surface area contributed by atoms with Crippen molar-refractivity contribution in [1.29, 1.82) is 0 Å². The minimum absolute atomic E-state index is 0.160. The van der Waals surface area contributed by atoms with E-state index in [4.69, 9.17) is 44.6 Å². The van der Waals surface area contributed by atoms with Crippen molar-refractivity contribution in [3.05, 3.63) is 97.3 Å². The van der Waals surface area contributed by atoms with Crippen LogP contribution in [-0.2, 0) is 11.4 Å². The molecular weight excluding hydrogens is 531 g/mol.